The molecule has 2 atom stereocenters. The highest BCUT2D eigenvalue weighted by molar-refractivity contribution is 5.81. The summed E-state index contributed by atoms with van der Waals surface area (Å²) in [4.78, 5) is 11.1. The number of carbonyl (C=O) groups is 1. The third-order valence-electron chi connectivity index (χ3n) is 5.39. The Labute approximate surface area is 170 Å². The number of hydrogen-bond donors (Lipinski definition) is 1. The minimum absolute atomic E-state index is 0.0129. The lowest BCUT2D eigenvalue weighted by Gasteiger charge is -2.46. The number of rotatable bonds is 9. The lowest BCUT2D eigenvalue weighted by Crippen LogP contribution is -2.40. The molecular formula is C24H38O4. The van der Waals surface area contributed by atoms with Crippen LogP contribution in [0.15, 0.2) is 36.9 Å². The van der Waals surface area contributed by atoms with Gasteiger partial charge in [0.05, 0.1) is 13.2 Å². The van der Waals surface area contributed by atoms with Crippen LogP contribution < -0.4 is 4.74 Å². The van der Waals surface area contributed by atoms with Crippen LogP contribution in [0.1, 0.15) is 66.9 Å². The van der Waals surface area contributed by atoms with Crippen LogP contribution in [0.4, 0.5) is 0 Å². The third kappa shape index (κ3) is 6.97. The van der Waals surface area contributed by atoms with E-state index in [1.54, 1.807) is 0 Å². The van der Waals surface area contributed by atoms with E-state index in [-0.39, 0.29) is 29.5 Å². The van der Waals surface area contributed by atoms with Gasteiger partial charge in [0.15, 0.2) is 0 Å². The van der Waals surface area contributed by atoms with Crippen molar-refractivity contribution in [2.24, 2.45) is 10.8 Å². The van der Waals surface area contributed by atoms with Gasteiger partial charge in [-0.2, -0.15) is 0 Å². The molecule has 0 fully saturated rings. The van der Waals surface area contributed by atoms with Crippen molar-refractivity contribution in [2.75, 3.05) is 13.2 Å². The summed E-state index contributed by atoms with van der Waals surface area (Å²) in [6.07, 6.45) is 2.18. The molecule has 0 aliphatic rings. The third-order valence-corrected chi connectivity index (χ3v) is 5.39. The summed E-state index contributed by atoms with van der Waals surface area (Å²) in [5.74, 6) is 0.228. The second-order valence-corrected chi connectivity index (χ2v) is 9.93. The van der Waals surface area contributed by atoms with Crippen molar-refractivity contribution in [3.05, 3.63) is 42.5 Å². The molecule has 0 aromatic heterocycles. The maximum absolute atomic E-state index is 11.1. The molecule has 28 heavy (non-hydrogen) atoms. The molecule has 0 radical (unpaired) electrons. The topological polar surface area (TPSA) is 55.8 Å². The molecular weight excluding hydrogens is 352 g/mol. The van der Waals surface area contributed by atoms with Gasteiger partial charge < -0.3 is 14.6 Å². The molecule has 158 valence electrons. The zero-order chi connectivity index (χ0) is 21.6. The second-order valence-electron chi connectivity index (χ2n) is 9.93. The van der Waals surface area contributed by atoms with E-state index in [1.807, 2.05) is 12.1 Å². The summed E-state index contributed by atoms with van der Waals surface area (Å²) in [5.41, 5.74) is 1.61. The average molecular weight is 391 g/mol. The predicted molar refractivity (Wildman–Crippen MR) is 115 cm³/mol. The van der Waals surface area contributed by atoms with Gasteiger partial charge in [-0.05, 0) is 40.4 Å². The highest BCUT2D eigenvalue weighted by atomic mass is 16.5. The summed E-state index contributed by atoms with van der Waals surface area (Å²) in [6, 6.07) is 8.16. The molecule has 0 aliphatic carbocycles. The van der Waals surface area contributed by atoms with Crippen LogP contribution in [0.2, 0.25) is 0 Å². The van der Waals surface area contributed by atoms with Gasteiger partial charge in [-0.1, -0.05) is 67.2 Å². The molecule has 2 unspecified atom stereocenters. The number of carbonyl (C=O) groups excluding carboxylic acids is 1. The Bertz CT molecular complexity index is 634. The highest BCUT2D eigenvalue weighted by Gasteiger charge is 2.41. The molecule has 1 aromatic carbocycles. The number of aliphatic hydroxyl groups is 1. The maximum atomic E-state index is 11.1. The smallest absolute Gasteiger partial charge is 0.330 e. The Morgan fingerprint density at radius 3 is 2.11 bits per heavy atom. The fraction of sp³-hybridized carbons (Fsp3) is 0.625. The van der Waals surface area contributed by atoms with Crippen molar-refractivity contribution in [1.82, 2.24) is 0 Å². The first-order valence-electron chi connectivity index (χ1n) is 9.99. The van der Waals surface area contributed by atoms with Crippen LogP contribution in [0, 0.1) is 10.8 Å². The minimum Gasteiger partial charge on any atom is -0.488 e. The Morgan fingerprint density at radius 1 is 1.11 bits per heavy atom. The molecule has 1 aromatic rings. The van der Waals surface area contributed by atoms with E-state index in [9.17, 15) is 9.90 Å². The molecule has 0 saturated heterocycles. The van der Waals surface area contributed by atoms with E-state index < -0.39 is 12.1 Å². The summed E-state index contributed by atoms with van der Waals surface area (Å²) >= 11 is 0. The standard InChI is InChI=1S/C24H38O4/c1-9-21(26)27-15-14-20(16-25)28-19-12-10-18(11-13-19)24(8,23(5,6)7)17-22(2,3)4/h9-13,20,25H,1,14-17H2,2-8H3. The number of benzene rings is 1. The first-order chi connectivity index (χ1) is 12.8. The Hall–Kier alpha value is -1.81. The van der Waals surface area contributed by atoms with Crippen molar-refractivity contribution in [2.45, 2.75) is 72.8 Å². The van der Waals surface area contributed by atoms with Gasteiger partial charge in [-0.25, -0.2) is 4.79 Å². The summed E-state index contributed by atoms with van der Waals surface area (Å²) in [6.45, 7) is 19.4. The van der Waals surface area contributed by atoms with Gasteiger partial charge in [0.2, 0.25) is 0 Å². The van der Waals surface area contributed by atoms with Gasteiger partial charge >= 0.3 is 5.97 Å². The fourth-order valence-electron chi connectivity index (χ4n) is 3.49. The highest BCUT2D eigenvalue weighted by Crippen LogP contribution is 2.48. The molecule has 0 amide bonds. The zero-order valence-corrected chi connectivity index (χ0v) is 18.7. The number of aliphatic hydroxyl groups excluding tert-OH is 1. The van der Waals surface area contributed by atoms with Gasteiger partial charge in [0, 0.05) is 12.5 Å². The Morgan fingerprint density at radius 2 is 1.68 bits per heavy atom. The monoisotopic (exact) mass is 390 g/mol. The van der Waals surface area contributed by atoms with Crippen LogP contribution in [0.25, 0.3) is 0 Å². The largest absolute Gasteiger partial charge is 0.488 e. The van der Waals surface area contributed by atoms with Crippen molar-refractivity contribution >= 4 is 5.97 Å². The van der Waals surface area contributed by atoms with Gasteiger partial charge in [-0.15, -0.1) is 0 Å². The molecule has 1 rings (SSSR count). The van der Waals surface area contributed by atoms with Gasteiger partial charge in [0.25, 0.3) is 0 Å². The van der Waals surface area contributed by atoms with E-state index in [4.69, 9.17) is 9.47 Å². The van der Waals surface area contributed by atoms with Crippen molar-refractivity contribution in [3.63, 3.8) is 0 Å². The summed E-state index contributed by atoms with van der Waals surface area (Å²) < 4.78 is 10.8. The van der Waals surface area contributed by atoms with E-state index >= 15 is 0 Å². The number of hydrogen-bond acceptors (Lipinski definition) is 4. The molecule has 1 N–H and O–H groups in total. The lowest BCUT2D eigenvalue weighted by atomic mass is 9.58. The molecule has 4 nitrogen and oxygen atoms in total. The Kier molecular flexibility index (Phi) is 8.30. The molecule has 0 aliphatic heterocycles. The first kappa shape index (κ1) is 24.2. The normalized spacial score (nSPS) is 15.4. The first-order valence-corrected chi connectivity index (χ1v) is 9.99. The predicted octanol–water partition coefficient (Wildman–Crippen LogP) is 5.29. The molecule has 0 bridgehead atoms. The molecule has 0 spiro atoms. The molecule has 4 heteroatoms. The minimum atomic E-state index is -0.471. The van der Waals surface area contributed by atoms with E-state index in [0.29, 0.717) is 12.2 Å². The van der Waals surface area contributed by atoms with Crippen LogP contribution >= 0.6 is 0 Å². The van der Waals surface area contributed by atoms with Gasteiger partial charge in [0.1, 0.15) is 11.9 Å². The Balaban J connectivity index is 2.90. The van der Waals surface area contributed by atoms with E-state index in [2.05, 4.69) is 67.2 Å². The maximum Gasteiger partial charge on any atom is 0.330 e. The second kappa shape index (κ2) is 9.60. The molecule has 0 heterocycles. The SMILES string of the molecule is C=CC(=O)OCCC(CO)Oc1ccc(C(C)(CC(C)(C)C)C(C)(C)C)cc1. The van der Waals surface area contributed by atoms with E-state index in [0.717, 1.165) is 12.5 Å². The van der Waals surface area contributed by atoms with Crippen molar-refractivity contribution < 1.29 is 19.4 Å². The number of ether oxygens (including phenoxy) is 2. The summed E-state index contributed by atoms with van der Waals surface area (Å²) in [5, 5.41) is 9.54. The molecule has 0 saturated carbocycles. The summed E-state index contributed by atoms with van der Waals surface area (Å²) in [7, 11) is 0. The van der Waals surface area contributed by atoms with Crippen LogP contribution in [-0.2, 0) is 14.9 Å². The van der Waals surface area contributed by atoms with E-state index in [1.165, 1.54) is 5.56 Å². The van der Waals surface area contributed by atoms with Crippen molar-refractivity contribution in [3.8, 4) is 5.75 Å². The van der Waals surface area contributed by atoms with Gasteiger partial charge in [-0.3, -0.25) is 0 Å². The fourth-order valence-corrected chi connectivity index (χ4v) is 3.49. The lowest BCUT2D eigenvalue weighted by molar-refractivity contribution is -0.138. The van der Waals surface area contributed by atoms with Crippen LogP contribution in [0.5, 0.6) is 5.75 Å². The van der Waals surface area contributed by atoms with Crippen molar-refractivity contribution in [1.29, 1.82) is 0 Å². The average Bonchev–Trinajstić information content (AvgIpc) is 2.58. The zero-order valence-electron chi connectivity index (χ0n) is 18.7. The number of esters is 1. The quantitative estimate of drug-likeness (QED) is 0.460. The van der Waals surface area contributed by atoms with Crippen LogP contribution in [0.3, 0.4) is 0 Å². The van der Waals surface area contributed by atoms with Crippen LogP contribution in [-0.4, -0.2) is 30.4 Å².